The van der Waals surface area contributed by atoms with Gasteiger partial charge in [0.05, 0.1) is 24.8 Å². The van der Waals surface area contributed by atoms with Crippen LogP contribution in [0.1, 0.15) is 16.8 Å². The van der Waals surface area contributed by atoms with Crippen LogP contribution < -0.4 is 16.4 Å². The molecule has 0 amide bonds. The maximum atomic E-state index is 13.5. The molecule has 4 N–H and O–H groups in total. The maximum absolute atomic E-state index is 13.5. The summed E-state index contributed by atoms with van der Waals surface area (Å²) < 4.78 is 80.8. The van der Waals surface area contributed by atoms with Crippen molar-refractivity contribution in [2.24, 2.45) is 10.7 Å². The Kier molecular flexibility index (Phi) is 7.23. The van der Waals surface area contributed by atoms with Gasteiger partial charge in [0.1, 0.15) is 17.7 Å². The van der Waals surface area contributed by atoms with Gasteiger partial charge in [0, 0.05) is 35.6 Å². The minimum absolute atomic E-state index is 0.265. The third-order valence-electron chi connectivity index (χ3n) is 5.37. The molecule has 3 heterocycles. The summed E-state index contributed by atoms with van der Waals surface area (Å²) in [6, 6.07) is 6.79. The second-order valence-corrected chi connectivity index (χ2v) is 8.08. The molecule has 0 spiro atoms. The first-order valence-electron chi connectivity index (χ1n) is 10.9. The SMILES string of the molecule is N/C=C\C=C(/Cc1ccc2c(c1)NC(Cn1ccnc1)N=C2Nc1ccc(C(F)(F)F)nc1)C(F)(F)F. The third-order valence-corrected chi connectivity index (χ3v) is 5.37. The van der Waals surface area contributed by atoms with E-state index in [9.17, 15) is 26.3 Å². The fraction of sp³-hybridized carbons (Fsp3) is 0.208. The van der Waals surface area contributed by atoms with Crippen molar-refractivity contribution in [2.45, 2.75) is 31.5 Å². The predicted octanol–water partition coefficient (Wildman–Crippen LogP) is 5.11. The lowest BCUT2D eigenvalue weighted by Gasteiger charge is -2.27. The number of allylic oxidation sites excluding steroid dienone is 3. The molecule has 13 heteroatoms. The van der Waals surface area contributed by atoms with Gasteiger partial charge in [0.25, 0.3) is 0 Å². The van der Waals surface area contributed by atoms with Crippen LogP contribution >= 0.6 is 0 Å². The summed E-state index contributed by atoms with van der Waals surface area (Å²) in [5, 5.41) is 6.18. The molecule has 3 aromatic rings. The van der Waals surface area contributed by atoms with Crippen molar-refractivity contribution < 1.29 is 26.3 Å². The molecule has 0 bridgehead atoms. The number of nitrogens with two attached hydrogens (primary N) is 1. The Bertz CT molecular complexity index is 1310. The first-order valence-corrected chi connectivity index (χ1v) is 10.9. The van der Waals surface area contributed by atoms with Crippen LogP contribution in [-0.4, -0.2) is 32.7 Å². The quantitative estimate of drug-likeness (QED) is 0.310. The molecule has 37 heavy (non-hydrogen) atoms. The molecule has 0 saturated heterocycles. The van der Waals surface area contributed by atoms with Crippen molar-refractivity contribution >= 4 is 17.2 Å². The number of halogens is 6. The Labute approximate surface area is 207 Å². The van der Waals surface area contributed by atoms with E-state index in [0.29, 0.717) is 29.2 Å². The Morgan fingerprint density at radius 1 is 1.14 bits per heavy atom. The van der Waals surface area contributed by atoms with Crippen molar-refractivity contribution in [1.82, 2.24) is 14.5 Å². The third kappa shape index (κ3) is 6.48. The van der Waals surface area contributed by atoms with Gasteiger partial charge >= 0.3 is 12.4 Å². The van der Waals surface area contributed by atoms with E-state index in [2.05, 4.69) is 25.6 Å². The number of nitrogens with zero attached hydrogens (tertiary/aromatic N) is 4. The van der Waals surface area contributed by atoms with E-state index in [0.717, 1.165) is 30.6 Å². The highest BCUT2D eigenvalue weighted by atomic mass is 19.4. The Morgan fingerprint density at radius 3 is 2.57 bits per heavy atom. The summed E-state index contributed by atoms with van der Waals surface area (Å²) in [4.78, 5) is 12.0. The van der Waals surface area contributed by atoms with Crippen molar-refractivity contribution in [1.29, 1.82) is 0 Å². The van der Waals surface area contributed by atoms with Crippen LogP contribution in [0.25, 0.3) is 0 Å². The Hall–Kier alpha value is -4.29. The minimum Gasteiger partial charge on any atom is -0.405 e. The van der Waals surface area contributed by atoms with Crippen LogP contribution in [-0.2, 0) is 19.1 Å². The number of anilines is 2. The molecule has 7 nitrogen and oxygen atoms in total. The van der Waals surface area contributed by atoms with Gasteiger partial charge in [-0.2, -0.15) is 26.3 Å². The summed E-state index contributed by atoms with van der Waals surface area (Å²) >= 11 is 0. The molecule has 1 unspecified atom stereocenters. The second-order valence-electron chi connectivity index (χ2n) is 8.08. The van der Waals surface area contributed by atoms with Crippen LogP contribution in [0.2, 0.25) is 0 Å². The van der Waals surface area contributed by atoms with Gasteiger partial charge in [-0.15, -0.1) is 0 Å². The van der Waals surface area contributed by atoms with Crippen molar-refractivity contribution in [3.05, 3.63) is 96.0 Å². The fourth-order valence-electron chi connectivity index (χ4n) is 3.66. The van der Waals surface area contributed by atoms with Gasteiger partial charge in [0.2, 0.25) is 0 Å². The predicted molar refractivity (Wildman–Crippen MR) is 127 cm³/mol. The normalized spacial score (nSPS) is 16.3. The zero-order valence-electron chi connectivity index (χ0n) is 19.1. The van der Waals surface area contributed by atoms with Crippen LogP contribution in [0.4, 0.5) is 37.7 Å². The number of rotatable bonds is 6. The first-order chi connectivity index (χ1) is 17.5. The van der Waals surface area contributed by atoms with Crippen LogP contribution in [0.3, 0.4) is 0 Å². The summed E-state index contributed by atoms with van der Waals surface area (Å²) in [7, 11) is 0. The first kappa shape index (κ1) is 25.8. The van der Waals surface area contributed by atoms with Crippen molar-refractivity contribution in [2.75, 3.05) is 10.6 Å². The number of alkyl halides is 6. The van der Waals surface area contributed by atoms with Gasteiger partial charge < -0.3 is 20.9 Å². The number of pyridine rings is 1. The van der Waals surface area contributed by atoms with E-state index < -0.39 is 36.2 Å². The summed E-state index contributed by atoms with van der Waals surface area (Å²) in [5.74, 6) is 0.324. The highest BCUT2D eigenvalue weighted by molar-refractivity contribution is 6.12. The summed E-state index contributed by atoms with van der Waals surface area (Å²) in [6.07, 6.45) is -1.06. The van der Waals surface area contributed by atoms with Crippen LogP contribution in [0.5, 0.6) is 0 Å². The standard InChI is InChI=1S/C24H21F6N7/c25-23(26,27)16(2-1-7-31)10-15-3-5-18-19(11-15)35-21(13-37-9-8-32-14-37)36-22(18)34-17-4-6-20(33-12-17)24(28,29)30/h1-9,11-12,14,21,35H,10,13,31H2,(H,34,36)/b7-1-,16-2+. The smallest absolute Gasteiger partial charge is 0.405 e. The minimum atomic E-state index is -4.58. The Morgan fingerprint density at radius 2 is 1.95 bits per heavy atom. The summed E-state index contributed by atoms with van der Waals surface area (Å²) in [6.45, 7) is 0.342. The molecule has 0 fully saturated rings. The molecule has 1 aliphatic heterocycles. The zero-order chi connectivity index (χ0) is 26.6. The summed E-state index contributed by atoms with van der Waals surface area (Å²) in [5.41, 5.74) is 5.08. The zero-order valence-corrected chi connectivity index (χ0v) is 19.1. The Balaban J connectivity index is 1.65. The molecule has 0 radical (unpaired) electrons. The number of aromatic nitrogens is 3. The van der Waals surface area contributed by atoms with Gasteiger partial charge in [-0.3, -0.25) is 0 Å². The molecule has 4 rings (SSSR count). The number of nitrogens with one attached hydrogen (secondary N) is 2. The van der Waals surface area contributed by atoms with E-state index in [4.69, 9.17) is 5.73 Å². The molecule has 0 aliphatic carbocycles. The largest absolute Gasteiger partial charge is 0.433 e. The lowest BCUT2D eigenvalue weighted by Crippen LogP contribution is -2.32. The number of hydrogen-bond acceptors (Lipinski definition) is 6. The van der Waals surface area contributed by atoms with Gasteiger partial charge in [-0.25, -0.2) is 15.0 Å². The molecule has 1 atom stereocenters. The molecule has 0 saturated carbocycles. The average molecular weight is 521 g/mol. The highest BCUT2D eigenvalue weighted by Gasteiger charge is 2.34. The fourth-order valence-corrected chi connectivity index (χ4v) is 3.66. The number of amidine groups is 1. The van der Waals surface area contributed by atoms with E-state index >= 15 is 0 Å². The number of fused-ring (bicyclic) bond motifs is 1. The molecule has 1 aliphatic rings. The van der Waals surface area contributed by atoms with Crippen molar-refractivity contribution in [3.8, 4) is 0 Å². The van der Waals surface area contributed by atoms with Gasteiger partial charge in [0.15, 0.2) is 0 Å². The molecular formula is C24H21F6N7. The number of imidazole rings is 1. The number of hydrogen-bond donors (Lipinski definition) is 3. The number of benzene rings is 1. The average Bonchev–Trinajstić information content (AvgIpc) is 3.33. The van der Waals surface area contributed by atoms with E-state index in [1.807, 2.05) is 0 Å². The van der Waals surface area contributed by atoms with Crippen LogP contribution in [0, 0.1) is 0 Å². The van der Waals surface area contributed by atoms with Crippen LogP contribution in [0.15, 0.2) is 84.2 Å². The van der Waals surface area contributed by atoms with E-state index in [1.54, 1.807) is 35.4 Å². The molecular weight excluding hydrogens is 500 g/mol. The molecule has 1 aromatic carbocycles. The lowest BCUT2D eigenvalue weighted by molar-refractivity contribution is -0.141. The maximum Gasteiger partial charge on any atom is 0.433 e. The topological polar surface area (TPSA) is 93.1 Å². The second kappa shape index (κ2) is 10.4. The monoisotopic (exact) mass is 521 g/mol. The van der Waals surface area contributed by atoms with Crippen molar-refractivity contribution in [3.63, 3.8) is 0 Å². The lowest BCUT2D eigenvalue weighted by atomic mass is 9.99. The van der Waals surface area contributed by atoms with Gasteiger partial charge in [-0.1, -0.05) is 12.1 Å². The molecule has 194 valence electrons. The number of aliphatic imine (C=N–C) groups is 1. The van der Waals surface area contributed by atoms with E-state index in [1.165, 1.54) is 12.1 Å². The molecule has 2 aromatic heterocycles. The van der Waals surface area contributed by atoms with E-state index in [-0.39, 0.29) is 5.69 Å². The van der Waals surface area contributed by atoms with Gasteiger partial charge in [-0.05, 0) is 42.1 Å². The highest BCUT2D eigenvalue weighted by Crippen LogP contribution is 2.32.